The number of aliphatic hydroxyl groups is 1. The van der Waals surface area contributed by atoms with Crippen LogP contribution in [-0.4, -0.2) is 24.4 Å². The van der Waals surface area contributed by atoms with Crippen molar-refractivity contribution in [3.63, 3.8) is 0 Å². The molecule has 2 N–H and O–H groups in total. The molecule has 0 amide bonds. The second-order valence-electron chi connectivity index (χ2n) is 4.59. The normalized spacial score (nSPS) is 12.3. The molecule has 1 aromatic heterocycles. The number of hydrogen-bond donors (Lipinski definition) is 2. The summed E-state index contributed by atoms with van der Waals surface area (Å²) in [6.45, 7) is 2.68. The van der Waals surface area contributed by atoms with Gasteiger partial charge in [0.05, 0.1) is 19.0 Å². The molecule has 0 aliphatic carbocycles. The molecule has 0 aliphatic heterocycles. The molecule has 20 heavy (non-hydrogen) atoms. The minimum absolute atomic E-state index is 0.183. The van der Waals surface area contributed by atoms with Gasteiger partial charge in [-0.2, -0.15) is 0 Å². The standard InChI is InChI=1S/C15H18FNO3/c1-11-4-5-12(16)7-15(11)17-8-13(18)9-19-10-14-3-2-6-20-14/h2-7,13,17-18H,8-10H2,1H3. The number of benzene rings is 1. The maximum Gasteiger partial charge on any atom is 0.129 e. The Bertz CT molecular complexity index is 528. The minimum atomic E-state index is -0.673. The van der Waals surface area contributed by atoms with E-state index in [0.29, 0.717) is 24.6 Å². The van der Waals surface area contributed by atoms with E-state index in [1.165, 1.54) is 12.1 Å². The van der Waals surface area contributed by atoms with Crippen molar-refractivity contribution in [2.75, 3.05) is 18.5 Å². The molecule has 0 bridgehead atoms. The summed E-state index contributed by atoms with van der Waals surface area (Å²) in [6.07, 6.45) is 0.899. The molecule has 5 heteroatoms. The Balaban J connectivity index is 1.71. The molecule has 1 heterocycles. The summed E-state index contributed by atoms with van der Waals surface area (Å²) >= 11 is 0. The highest BCUT2D eigenvalue weighted by Gasteiger charge is 2.07. The van der Waals surface area contributed by atoms with Crippen LogP contribution in [0.4, 0.5) is 10.1 Å². The molecule has 0 saturated heterocycles. The molecule has 0 fully saturated rings. The molecule has 1 atom stereocenters. The van der Waals surface area contributed by atoms with Crippen molar-refractivity contribution in [1.82, 2.24) is 0 Å². The van der Waals surface area contributed by atoms with Gasteiger partial charge in [-0.25, -0.2) is 4.39 Å². The first-order valence-corrected chi connectivity index (χ1v) is 6.43. The third-order valence-corrected chi connectivity index (χ3v) is 2.86. The van der Waals surface area contributed by atoms with Crippen LogP contribution in [0.1, 0.15) is 11.3 Å². The fourth-order valence-corrected chi connectivity index (χ4v) is 1.76. The maximum atomic E-state index is 13.1. The largest absolute Gasteiger partial charge is 0.467 e. The summed E-state index contributed by atoms with van der Waals surface area (Å²) in [6, 6.07) is 8.09. The Labute approximate surface area is 117 Å². The van der Waals surface area contributed by atoms with Gasteiger partial charge in [0.15, 0.2) is 0 Å². The van der Waals surface area contributed by atoms with E-state index in [0.717, 1.165) is 5.56 Å². The smallest absolute Gasteiger partial charge is 0.129 e. The molecule has 1 unspecified atom stereocenters. The fourth-order valence-electron chi connectivity index (χ4n) is 1.76. The summed E-state index contributed by atoms with van der Waals surface area (Å²) in [5.41, 5.74) is 1.60. The van der Waals surface area contributed by atoms with Gasteiger partial charge >= 0.3 is 0 Å². The highest BCUT2D eigenvalue weighted by Crippen LogP contribution is 2.15. The lowest BCUT2D eigenvalue weighted by Gasteiger charge is -2.14. The Kier molecular flexibility index (Phi) is 5.15. The summed E-state index contributed by atoms with van der Waals surface area (Å²) in [5, 5.41) is 12.8. The molecule has 2 rings (SSSR count). The second kappa shape index (κ2) is 7.07. The van der Waals surface area contributed by atoms with Crippen LogP contribution in [0.5, 0.6) is 0 Å². The van der Waals surface area contributed by atoms with Crippen molar-refractivity contribution >= 4 is 5.69 Å². The molecule has 2 aromatic rings. The zero-order valence-corrected chi connectivity index (χ0v) is 11.3. The number of anilines is 1. The lowest BCUT2D eigenvalue weighted by atomic mass is 10.2. The number of ether oxygens (including phenoxy) is 1. The number of aryl methyl sites for hydroxylation is 1. The average molecular weight is 279 g/mol. The SMILES string of the molecule is Cc1ccc(F)cc1NCC(O)COCc1ccco1. The van der Waals surface area contributed by atoms with Crippen molar-refractivity contribution in [3.05, 3.63) is 53.7 Å². The van der Waals surface area contributed by atoms with Crippen molar-refractivity contribution in [3.8, 4) is 0 Å². The highest BCUT2D eigenvalue weighted by molar-refractivity contribution is 5.50. The van der Waals surface area contributed by atoms with Crippen LogP contribution in [0, 0.1) is 12.7 Å². The fraction of sp³-hybridized carbons (Fsp3) is 0.333. The minimum Gasteiger partial charge on any atom is -0.467 e. The number of rotatable bonds is 7. The Morgan fingerprint density at radius 2 is 2.25 bits per heavy atom. The van der Waals surface area contributed by atoms with Crippen molar-refractivity contribution in [1.29, 1.82) is 0 Å². The van der Waals surface area contributed by atoms with E-state index in [2.05, 4.69) is 5.32 Å². The Morgan fingerprint density at radius 3 is 3.00 bits per heavy atom. The first-order chi connectivity index (χ1) is 9.65. The van der Waals surface area contributed by atoms with Crippen LogP contribution in [0.2, 0.25) is 0 Å². The highest BCUT2D eigenvalue weighted by atomic mass is 19.1. The molecule has 0 aliphatic rings. The average Bonchev–Trinajstić information content (AvgIpc) is 2.93. The maximum absolute atomic E-state index is 13.1. The molecule has 1 aromatic carbocycles. The number of nitrogens with one attached hydrogen (secondary N) is 1. The van der Waals surface area contributed by atoms with E-state index >= 15 is 0 Å². The lowest BCUT2D eigenvalue weighted by molar-refractivity contribution is 0.0282. The van der Waals surface area contributed by atoms with Gasteiger partial charge in [-0.3, -0.25) is 0 Å². The van der Waals surface area contributed by atoms with Crippen LogP contribution >= 0.6 is 0 Å². The molecule has 4 nitrogen and oxygen atoms in total. The number of halogens is 1. The van der Waals surface area contributed by atoms with Gasteiger partial charge in [-0.1, -0.05) is 6.07 Å². The van der Waals surface area contributed by atoms with Gasteiger partial charge in [-0.05, 0) is 36.8 Å². The van der Waals surface area contributed by atoms with E-state index < -0.39 is 6.10 Å². The number of hydrogen-bond acceptors (Lipinski definition) is 4. The molecule has 0 spiro atoms. The third kappa shape index (κ3) is 4.36. The molecular weight excluding hydrogens is 261 g/mol. The van der Waals surface area contributed by atoms with Crippen molar-refractivity contribution in [2.45, 2.75) is 19.6 Å². The molecule has 108 valence electrons. The van der Waals surface area contributed by atoms with E-state index in [-0.39, 0.29) is 12.4 Å². The quantitative estimate of drug-likeness (QED) is 0.818. The van der Waals surface area contributed by atoms with Gasteiger partial charge in [0, 0.05) is 12.2 Å². The summed E-state index contributed by atoms with van der Waals surface area (Å²) in [5.74, 6) is 0.410. The molecule has 0 saturated carbocycles. The third-order valence-electron chi connectivity index (χ3n) is 2.86. The lowest BCUT2D eigenvalue weighted by Crippen LogP contribution is -2.25. The Morgan fingerprint density at radius 1 is 1.40 bits per heavy atom. The summed E-state index contributed by atoms with van der Waals surface area (Å²) in [7, 11) is 0. The first-order valence-electron chi connectivity index (χ1n) is 6.43. The monoisotopic (exact) mass is 279 g/mol. The predicted molar refractivity (Wildman–Crippen MR) is 74.0 cm³/mol. The van der Waals surface area contributed by atoms with Gasteiger partial charge in [0.1, 0.15) is 18.2 Å². The van der Waals surface area contributed by atoms with Gasteiger partial charge in [0.25, 0.3) is 0 Å². The van der Waals surface area contributed by atoms with Gasteiger partial charge < -0.3 is 19.6 Å². The van der Waals surface area contributed by atoms with E-state index in [1.54, 1.807) is 24.5 Å². The van der Waals surface area contributed by atoms with E-state index in [9.17, 15) is 9.50 Å². The number of furan rings is 1. The van der Waals surface area contributed by atoms with Crippen molar-refractivity contribution < 1.29 is 18.7 Å². The van der Waals surface area contributed by atoms with Crippen LogP contribution in [0.15, 0.2) is 41.0 Å². The zero-order chi connectivity index (χ0) is 14.4. The zero-order valence-electron chi connectivity index (χ0n) is 11.3. The number of aliphatic hydroxyl groups excluding tert-OH is 1. The first kappa shape index (κ1) is 14.6. The summed E-state index contributed by atoms with van der Waals surface area (Å²) in [4.78, 5) is 0. The van der Waals surface area contributed by atoms with Crippen LogP contribution in [-0.2, 0) is 11.3 Å². The topological polar surface area (TPSA) is 54.6 Å². The van der Waals surface area contributed by atoms with Gasteiger partial charge in [0.2, 0.25) is 0 Å². The molecular formula is C15H18FNO3. The second-order valence-corrected chi connectivity index (χ2v) is 4.59. The van der Waals surface area contributed by atoms with Crippen molar-refractivity contribution in [2.24, 2.45) is 0 Å². The van der Waals surface area contributed by atoms with Gasteiger partial charge in [-0.15, -0.1) is 0 Å². The molecule has 0 radical (unpaired) electrons. The van der Waals surface area contributed by atoms with Crippen LogP contribution in [0.3, 0.4) is 0 Å². The van der Waals surface area contributed by atoms with E-state index in [1.807, 2.05) is 6.92 Å². The summed E-state index contributed by atoms with van der Waals surface area (Å²) < 4.78 is 23.5. The predicted octanol–water partition coefficient (Wildman–Crippen LogP) is 2.72. The van der Waals surface area contributed by atoms with Crippen LogP contribution in [0.25, 0.3) is 0 Å². The Hall–Kier alpha value is -1.85. The van der Waals surface area contributed by atoms with E-state index in [4.69, 9.17) is 9.15 Å². The van der Waals surface area contributed by atoms with Crippen LogP contribution < -0.4 is 5.32 Å².